The Balaban J connectivity index is 1.13. The second-order valence-electron chi connectivity index (χ2n) is 9.35. The zero-order valence-electron chi connectivity index (χ0n) is 19.9. The lowest BCUT2D eigenvalue weighted by atomic mass is 9.98. The topological polar surface area (TPSA) is 50.6 Å². The molecule has 0 spiro atoms. The molecule has 0 atom stereocenters. The molecule has 184 valence electrons. The number of likely N-dealkylation sites (tertiary alicyclic amines) is 2. The largest absolute Gasteiger partial charge is 0.487 e. The highest BCUT2D eigenvalue weighted by Crippen LogP contribution is 2.26. The van der Waals surface area contributed by atoms with Crippen molar-refractivity contribution in [1.29, 1.82) is 0 Å². The van der Waals surface area contributed by atoms with Crippen LogP contribution in [-0.4, -0.2) is 63.8 Å². The number of aryl methyl sites for hydroxylation is 1. The quantitative estimate of drug-likeness (QED) is 0.539. The van der Waals surface area contributed by atoms with Gasteiger partial charge in [-0.1, -0.05) is 12.1 Å². The molecule has 0 aliphatic carbocycles. The molecule has 2 aromatic carbocycles. The van der Waals surface area contributed by atoms with Gasteiger partial charge in [0, 0.05) is 44.8 Å². The van der Waals surface area contributed by atoms with Gasteiger partial charge in [-0.05, 0) is 68.1 Å². The zero-order valence-corrected chi connectivity index (χ0v) is 19.9. The summed E-state index contributed by atoms with van der Waals surface area (Å²) in [6, 6.07) is 14.9. The lowest BCUT2D eigenvalue weighted by Crippen LogP contribution is -2.50. The first kappa shape index (κ1) is 23.5. The lowest BCUT2D eigenvalue weighted by Gasteiger charge is -2.41. The number of halogens is 2. The minimum absolute atomic E-state index is 0.0243. The van der Waals surface area contributed by atoms with Gasteiger partial charge in [0.25, 0.3) is 5.91 Å². The number of amides is 1. The Morgan fingerprint density at radius 1 is 0.943 bits per heavy atom. The fourth-order valence-corrected chi connectivity index (χ4v) is 5.10. The van der Waals surface area contributed by atoms with Gasteiger partial charge in [-0.25, -0.2) is 8.78 Å². The highest BCUT2D eigenvalue weighted by molar-refractivity contribution is 5.93. The van der Waals surface area contributed by atoms with E-state index in [2.05, 4.69) is 10.00 Å². The summed E-state index contributed by atoms with van der Waals surface area (Å²) in [5.74, 6) is -0.310. The van der Waals surface area contributed by atoms with Crippen molar-refractivity contribution in [3.63, 3.8) is 0 Å². The smallest absolute Gasteiger partial charge is 0.272 e. The molecule has 35 heavy (non-hydrogen) atoms. The van der Waals surface area contributed by atoms with Crippen molar-refractivity contribution in [1.82, 2.24) is 19.6 Å². The number of carbonyl (C=O) groups is 1. The van der Waals surface area contributed by atoms with E-state index >= 15 is 0 Å². The Kier molecular flexibility index (Phi) is 6.81. The van der Waals surface area contributed by atoms with E-state index in [1.807, 2.05) is 4.90 Å². The van der Waals surface area contributed by atoms with Crippen LogP contribution in [0.5, 0.6) is 5.75 Å². The van der Waals surface area contributed by atoms with Crippen molar-refractivity contribution >= 4 is 5.91 Å². The van der Waals surface area contributed by atoms with E-state index in [1.54, 1.807) is 48.1 Å². The van der Waals surface area contributed by atoms with Crippen molar-refractivity contribution in [2.45, 2.75) is 37.8 Å². The third kappa shape index (κ3) is 5.22. The first-order valence-electron chi connectivity index (χ1n) is 12.2. The fraction of sp³-hybridized carbons (Fsp3) is 0.407. The summed E-state index contributed by atoms with van der Waals surface area (Å²) in [6.07, 6.45) is 3.62. The average Bonchev–Trinajstić information content (AvgIpc) is 3.27. The van der Waals surface area contributed by atoms with Crippen molar-refractivity contribution in [3.05, 3.63) is 71.9 Å². The molecule has 1 amide bonds. The van der Waals surface area contributed by atoms with Gasteiger partial charge >= 0.3 is 0 Å². The minimum Gasteiger partial charge on any atom is -0.487 e. The van der Waals surface area contributed by atoms with E-state index in [0.717, 1.165) is 44.3 Å². The van der Waals surface area contributed by atoms with E-state index < -0.39 is 0 Å². The summed E-state index contributed by atoms with van der Waals surface area (Å²) < 4.78 is 34.6. The molecule has 2 fully saturated rings. The normalized spacial score (nSPS) is 18.1. The zero-order chi connectivity index (χ0) is 24.4. The molecule has 2 aliphatic heterocycles. The minimum atomic E-state index is -0.315. The second kappa shape index (κ2) is 10.2. The number of para-hydroxylation sites is 1. The molecule has 0 bridgehead atoms. The number of rotatable bonds is 5. The van der Waals surface area contributed by atoms with Crippen LogP contribution in [0.3, 0.4) is 0 Å². The molecule has 0 radical (unpaired) electrons. The summed E-state index contributed by atoms with van der Waals surface area (Å²) in [5, 5.41) is 4.46. The maximum absolute atomic E-state index is 13.9. The van der Waals surface area contributed by atoms with Crippen LogP contribution in [-0.2, 0) is 7.05 Å². The van der Waals surface area contributed by atoms with Crippen LogP contribution in [0, 0.1) is 11.6 Å². The van der Waals surface area contributed by atoms with Crippen LogP contribution in [0.4, 0.5) is 8.78 Å². The molecule has 0 N–H and O–H groups in total. The number of carbonyl (C=O) groups excluding carboxylic acids is 1. The van der Waals surface area contributed by atoms with E-state index in [9.17, 15) is 13.6 Å². The van der Waals surface area contributed by atoms with Gasteiger partial charge in [-0.15, -0.1) is 0 Å². The predicted molar refractivity (Wildman–Crippen MR) is 129 cm³/mol. The summed E-state index contributed by atoms with van der Waals surface area (Å²) >= 11 is 0. The second-order valence-corrected chi connectivity index (χ2v) is 9.35. The third-order valence-corrected chi connectivity index (χ3v) is 7.11. The van der Waals surface area contributed by atoms with Crippen molar-refractivity contribution in [2.24, 2.45) is 7.05 Å². The Morgan fingerprint density at radius 3 is 2.31 bits per heavy atom. The van der Waals surface area contributed by atoms with Gasteiger partial charge in [-0.3, -0.25) is 14.4 Å². The first-order valence-corrected chi connectivity index (χ1v) is 12.2. The maximum Gasteiger partial charge on any atom is 0.272 e. The fourth-order valence-electron chi connectivity index (χ4n) is 5.10. The molecule has 1 aromatic heterocycles. The third-order valence-electron chi connectivity index (χ3n) is 7.11. The molecule has 0 saturated carbocycles. The van der Waals surface area contributed by atoms with Crippen molar-refractivity contribution < 1.29 is 18.3 Å². The van der Waals surface area contributed by atoms with Gasteiger partial charge < -0.3 is 9.64 Å². The van der Waals surface area contributed by atoms with E-state index in [0.29, 0.717) is 36.3 Å². The summed E-state index contributed by atoms with van der Waals surface area (Å²) in [7, 11) is 1.76. The monoisotopic (exact) mass is 480 g/mol. The summed E-state index contributed by atoms with van der Waals surface area (Å²) in [5.41, 5.74) is 1.97. The number of ether oxygens (including phenoxy) is 1. The van der Waals surface area contributed by atoms with E-state index in [1.165, 1.54) is 18.2 Å². The number of nitrogens with zero attached hydrogens (tertiary/aromatic N) is 4. The summed E-state index contributed by atoms with van der Waals surface area (Å²) in [4.78, 5) is 17.6. The highest BCUT2D eigenvalue weighted by Gasteiger charge is 2.31. The van der Waals surface area contributed by atoms with Crippen molar-refractivity contribution in [3.8, 4) is 17.0 Å². The number of piperidine rings is 2. The highest BCUT2D eigenvalue weighted by atomic mass is 19.1. The van der Waals surface area contributed by atoms with Crippen LogP contribution in [0.2, 0.25) is 0 Å². The Morgan fingerprint density at radius 2 is 1.63 bits per heavy atom. The molecule has 5 rings (SSSR count). The maximum atomic E-state index is 13.9. The van der Waals surface area contributed by atoms with Crippen LogP contribution in [0.15, 0.2) is 54.6 Å². The van der Waals surface area contributed by atoms with Gasteiger partial charge in [0.2, 0.25) is 0 Å². The number of hydrogen-bond donors (Lipinski definition) is 0. The standard InChI is InChI=1S/C27H30F2N4O2/c1-31-25(18-24(30-31)19-6-8-20(28)9-7-19)27(34)33-14-10-21(11-15-33)32-16-12-22(13-17-32)35-26-5-3-2-4-23(26)29/h2-9,18,21-22H,10-17H2,1H3. The predicted octanol–water partition coefficient (Wildman–Crippen LogP) is 4.51. The molecule has 2 aliphatic rings. The lowest BCUT2D eigenvalue weighted by molar-refractivity contribution is 0.0412. The Bertz CT molecular complexity index is 1160. The molecular formula is C27H30F2N4O2. The van der Waals surface area contributed by atoms with Gasteiger partial charge in [0.15, 0.2) is 11.6 Å². The molecule has 6 nitrogen and oxygen atoms in total. The molecular weight excluding hydrogens is 450 g/mol. The van der Waals surface area contributed by atoms with Crippen LogP contribution >= 0.6 is 0 Å². The molecule has 8 heteroatoms. The molecule has 0 unspecified atom stereocenters. The van der Waals surface area contributed by atoms with Crippen LogP contribution < -0.4 is 4.74 Å². The van der Waals surface area contributed by atoms with E-state index in [4.69, 9.17) is 4.74 Å². The van der Waals surface area contributed by atoms with Crippen LogP contribution in [0.25, 0.3) is 11.3 Å². The van der Waals surface area contributed by atoms with Crippen molar-refractivity contribution in [2.75, 3.05) is 26.2 Å². The Labute approximate surface area is 204 Å². The van der Waals surface area contributed by atoms with Gasteiger partial charge in [-0.2, -0.15) is 5.10 Å². The first-order chi connectivity index (χ1) is 17.0. The summed E-state index contributed by atoms with van der Waals surface area (Å²) in [6.45, 7) is 3.24. The van der Waals surface area contributed by atoms with Crippen LogP contribution in [0.1, 0.15) is 36.2 Å². The van der Waals surface area contributed by atoms with Gasteiger partial charge in [0.1, 0.15) is 17.6 Å². The number of benzene rings is 2. The van der Waals surface area contributed by atoms with Gasteiger partial charge in [0.05, 0.1) is 5.69 Å². The van der Waals surface area contributed by atoms with E-state index in [-0.39, 0.29) is 23.6 Å². The number of aromatic nitrogens is 2. The SMILES string of the molecule is Cn1nc(-c2ccc(F)cc2)cc1C(=O)N1CCC(N2CCC(Oc3ccccc3F)CC2)CC1. The molecule has 3 aromatic rings. The molecule has 3 heterocycles. The molecule has 2 saturated heterocycles. The number of hydrogen-bond acceptors (Lipinski definition) is 4. The average molecular weight is 481 g/mol. The Hall–Kier alpha value is -3.26.